The Labute approximate surface area is 132 Å². The third kappa shape index (κ3) is 3.61. The van der Waals surface area contributed by atoms with Crippen molar-refractivity contribution in [2.45, 2.75) is 18.9 Å². The lowest BCUT2D eigenvalue weighted by Gasteiger charge is -2.10. The Balaban J connectivity index is 1.63. The van der Waals surface area contributed by atoms with Crippen LogP contribution in [0.2, 0.25) is 5.02 Å². The van der Waals surface area contributed by atoms with E-state index in [9.17, 15) is 4.79 Å². The fraction of sp³-hybridized carbons (Fsp3) is 0.333. The van der Waals surface area contributed by atoms with E-state index in [4.69, 9.17) is 17.3 Å². The van der Waals surface area contributed by atoms with Crippen molar-refractivity contribution in [3.8, 4) is 10.6 Å². The lowest BCUT2D eigenvalue weighted by Crippen LogP contribution is -2.38. The molecule has 1 atom stereocenters. The van der Waals surface area contributed by atoms with Crippen molar-refractivity contribution in [3.63, 3.8) is 0 Å². The number of hydrogen-bond donors (Lipinski definition) is 2. The van der Waals surface area contributed by atoms with Crippen LogP contribution in [0.5, 0.6) is 0 Å². The molecule has 1 heterocycles. The van der Waals surface area contributed by atoms with E-state index in [2.05, 4.69) is 10.3 Å². The van der Waals surface area contributed by atoms with Crippen molar-refractivity contribution >= 4 is 28.8 Å². The summed E-state index contributed by atoms with van der Waals surface area (Å²) in [5.41, 5.74) is 7.37. The summed E-state index contributed by atoms with van der Waals surface area (Å²) < 4.78 is 0. The maximum atomic E-state index is 12.0. The van der Waals surface area contributed by atoms with Gasteiger partial charge >= 0.3 is 0 Å². The second kappa shape index (κ2) is 6.13. The Bertz CT molecular complexity index is 637. The van der Waals surface area contributed by atoms with Crippen molar-refractivity contribution in [1.82, 2.24) is 10.3 Å². The van der Waals surface area contributed by atoms with Crippen LogP contribution in [0.3, 0.4) is 0 Å². The molecule has 1 fully saturated rings. The Morgan fingerprint density at radius 2 is 2.14 bits per heavy atom. The molecule has 110 valence electrons. The number of nitrogens with one attached hydrogen (secondary N) is 1. The van der Waals surface area contributed by atoms with Gasteiger partial charge in [-0.2, -0.15) is 0 Å². The Kier molecular flexibility index (Phi) is 4.24. The molecule has 1 aromatic heterocycles. The minimum absolute atomic E-state index is 0.0586. The molecule has 3 N–H and O–H groups in total. The summed E-state index contributed by atoms with van der Waals surface area (Å²) in [7, 11) is 0. The minimum Gasteiger partial charge on any atom is -0.349 e. The molecule has 0 radical (unpaired) electrons. The Morgan fingerprint density at radius 1 is 1.43 bits per heavy atom. The highest BCUT2D eigenvalue weighted by atomic mass is 35.5. The summed E-state index contributed by atoms with van der Waals surface area (Å²) in [4.78, 5) is 16.4. The molecule has 0 saturated heterocycles. The first-order chi connectivity index (χ1) is 10.1. The molecule has 0 spiro atoms. The third-order valence-corrected chi connectivity index (χ3v) is 4.70. The minimum atomic E-state index is -0.164. The summed E-state index contributed by atoms with van der Waals surface area (Å²) in [5, 5.41) is 6.11. The lowest BCUT2D eigenvalue weighted by atomic mass is 10.2. The number of amides is 1. The summed E-state index contributed by atoms with van der Waals surface area (Å²) in [6.45, 7) is 0.511. The van der Waals surface area contributed by atoms with E-state index in [0.29, 0.717) is 23.2 Å². The molecule has 1 saturated carbocycles. The van der Waals surface area contributed by atoms with Crippen LogP contribution in [0.25, 0.3) is 10.6 Å². The second-order valence-corrected chi connectivity index (χ2v) is 6.55. The molecule has 3 rings (SSSR count). The van der Waals surface area contributed by atoms with Gasteiger partial charge in [-0.25, -0.2) is 4.98 Å². The normalized spacial score (nSPS) is 15.7. The van der Waals surface area contributed by atoms with Gasteiger partial charge in [0.25, 0.3) is 5.91 Å². The monoisotopic (exact) mass is 321 g/mol. The zero-order valence-corrected chi connectivity index (χ0v) is 13.0. The molecule has 2 aromatic rings. The number of nitrogens with two attached hydrogens (primary N) is 1. The quantitative estimate of drug-likeness (QED) is 0.889. The molecule has 0 aliphatic heterocycles. The van der Waals surface area contributed by atoms with Gasteiger partial charge in [0.05, 0.1) is 0 Å². The first-order valence-corrected chi connectivity index (χ1v) is 8.14. The zero-order chi connectivity index (χ0) is 14.8. The fourth-order valence-corrected chi connectivity index (χ4v) is 3.03. The summed E-state index contributed by atoms with van der Waals surface area (Å²) >= 11 is 7.31. The lowest BCUT2D eigenvalue weighted by molar-refractivity contribution is 0.0946. The number of aromatic nitrogens is 1. The zero-order valence-electron chi connectivity index (χ0n) is 11.4. The van der Waals surface area contributed by atoms with Gasteiger partial charge in [0.1, 0.15) is 10.7 Å². The molecule has 1 amide bonds. The maximum Gasteiger partial charge on any atom is 0.270 e. The Morgan fingerprint density at radius 3 is 2.81 bits per heavy atom. The molecule has 21 heavy (non-hydrogen) atoms. The first kappa shape index (κ1) is 14.5. The average molecular weight is 322 g/mol. The van der Waals surface area contributed by atoms with Crippen LogP contribution in [0.1, 0.15) is 23.3 Å². The van der Waals surface area contributed by atoms with Crippen molar-refractivity contribution in [3.05, 3.63) is 40.4 Å². The van der Waals surface area contributed by atoms with E-state index < -0.39 is 0 Å². The van der Waals surface area contributed by atoms with E-state index >= 15 is 0 Å². The average Bonchev–Trinajstić information content (AvgIpc) is 3.23. The van der Waals surface area contributed by atoms with E-state index in [1.165, 1.54) is 24.2 Å². The van der Waals surface area contributed by atoms with E-state index in [1.807, 2.05) is 24.3 Å². The predicted molar refractivity (Wildman–Crippen MR) is 85.6 cm³/mol. The molecular formula is C15H16ClN3OS. The van der Waals surface area contributed by atoms with Crippen LogP contribution < -0.4 is 11.1 Å². The van der Waals surface area contributed by atoms with E-state index in [1.54, 1.807) is 5.38 Å². The second-order valence-electron chi connectivity index (χ2n) is 5.26. The van der Waals surface area contributed by atoms with E-state index in [0.717, 1.165) is 10.6 Å². The van der Waals surface area contributed by atoms with Gasteiger partial charge in [0.2, 0.25) is 0 Å². The largest absolute Gasteiger partial charge is 0.349 e. The smallest absolute Gasteiger partial charge is 0.270 e. The highest BCUT2D eigenvalue weighted by Gasteiger charge is 2.28. The SMILES string of the molecule is NC(CNC(=O)c1csc(-c2ccc(Cl)cc2)n1)C1CC1. The van der Waals surface area contributed by atoms with Gasteiger partial charge in [-0.05, 0) is 30.9 Å². The number of thiazole rings is 1. The number of rotatable bonds is 5. The van der Waals surface area contributed by atoms with Crippen LogP contribution in [-0.4, -0.2) is 23.5 Å². The molecule has 0 bridgehead atoms. The van der Waals surface area contributed by atoms with Gasteiger partial charge in [0, 0.05) is 28.6 Å². The summed E-state index contributed by atoms with van der Waals surface area (Å²) in [6.07, 6.45) is 2.35. The van der Waals surface area contributed by atoms with Gasteiger partial charge in [-0.15, -0.1) is 11.3 Å². The van der Waals surface area contributed by atoms with Crippen LogP contribution in [0.4, 0.5) is 0 Å². The molecule has 1 aliphatic rings. The molecule has 1 aliphatic carbocycles. The van der Waals surface area contributed by atoms with Crippen molar-refractivity contribution in [2.75, 3.05) is 6.54 Å². The maximum absolute atomic E-state index is 12.0. The van der Waals surface area contributed by atoms with Gasteiger partial charge in [-0.3, -0.25) is 4.79 Å². The molecule has 1 aromatic carbocycles. The summed E-state index contributed by atoms with van der Waals surface area (Å²) in [5.74, 6) is 0.410. The highest BCUT2D eigenvalue weighted by Crippen LogP contribution is 2.31. The Hall–Kier alpha value is -1.43. The van der Waals surface area contributed by atoms with Crippen molar-refractivity contribution in [1.29, 1.82) is 0 Å². The van der Waals surface area contributed by atoms with Crippen molar-refractivity contribution < 1.29 is 4.79 Å². The number of benzene rings is 1. The third-order valence-electron chi connectivity index (χ3n) is 3.55. The van der Waals surface area contributed by atoms with Crippen LogP contribution >= 0.6 is 22.9 Å². The van der Waals surface area contributed by atoms with Gasteiger partial charge in [-0.1, -0.05) is 23.7 Å². The van der Waals surface area contributed by atoms with Crippen LogP contribution in [0, 0.1) is 5.92 Å². The standard InChI is InChI=1S/C15H16ClN3OS/c16-11-5-3-10(4-6-11)15-19-13(8-21-15)14(20)18-7-12(17)9-1-2-9/h3-6,8-9,12H,1-2,7,17H2,(H,18,20). The molecule has 6 heteroatoms. The number of nitrogens with zero attached hydrogens (tertiary/aromatic N) is 1. The molecule has 4 nitrogen and oxygen atoms in total. The summed E-state index contributed by atoms with van der Waals surface area (Å²) in [6, 6.07) is 7.47. The highest BCUT2D eigenvalue weighted by molar-refractivity contribution is 7.13. The van der Waals surface area contributed by atoms with Crippen molar-refractivity contribution in [2.24, 2.45) is 11.7 Å². The van der Waals surface area contributed by atoms with Crippen LogP contribution in [-0.2, 0) is 0 Å². The number of carbonyl (C=O) groups excluding carboxylic acids is 1. The first-order valence-electron chi connectivity index (χ1n) is 6.89. The molecular weight excluding hydrogens is 306 g/mol. The molecule has 1 unspecified atom stereocenters. The number of hydrogen-bond acceptors (Lipinski definition) is 4. The number of carbonyl (C=O) groups is 1. The van der Waals surface area contributed by atoms with E-state index in [-0.39, 0.29) is 11.9 Å². The predicted octanol–water partition coefficient (Wildman–Crippen LogP) is 2.93. The fourth-order valence-electron chi connectivity index (χ4n) is 2.10. The van der Waals surface area contributed by atoms with Gasteiger partial charge in [0.15, 0.2) is 0 Å². The van der Waals surface area contributed by atoms with Gasteiger partial charge < -0.3 is 11.1 Å². The van der Waals surface area contributed by atoms with Crippen LogP contribution in [0.15, 0.2) is 29.6 Å². The number of halogens is 1. The topological polar surface area (TPSA) is 68.0 Å².